The van der Waals surface area contributed by atoms with Gasteiger partial charge in [-0.25, -0.2) is 10.8 Å². The summed E-state index contributed by atoms with van der Waals surface area (Å²) in [4.78, 5) is 10.2. The van der Waals surface area contributed by atoms with E-state index in [0.717, 1.165) is 11.4 Å². The molecule has 0 radical (unpaired) electrons. The van der Waals surface area contributed by atoms with Crippen molar-refractivity contribution >= 4 is 11.8 Å². The molecule has 0 unspecified atom stereocenters. The first kappa shape index (κ1) is 12.7. The van der Waals surface area contributed by atoms with E-state index in [2.05, 4.69) is 15.4 Å². The molecule has 0 aliphatic heterocycles. The Kier molecular flexibility index (Phi) is 3.66. The molecule has 1 heterocycles. The number of aromatic nitrogens is 2. The Balaban J connectivity index is 3.11. The number of rotatable bonds is 4. The molecule has 0 spiro atoms. The Morgan fingerprint density at radius 1 is 1.56 bits per heavy atom. The minimum atomic E-state index is -0.384. The maximum absolute atomic E-state index is 9.32. The van der Waals surface area contributed by atoms with Crippen molar-refractivity contribution in [3.63, 3.8) is 0 Å². The zero-order chi connectivity index (χ0) is 12.3. The van der Waals surface area contributed by atoms with E-state index < -0.39 is 0 Å². The molecule has 0 atom stereocenters. The molecule has 0 aromatic carbocycles. The third kappa shape index (κ3) is 2.40. The molecule has 0 saturated carbocycles. The second-order valence-corrected chi connectivity index (χ2v) is 4.37. The van der Waals surface area contributed by atoms with E-state index in [0.29, 0.717) is 5.95 Å². The second kappa shape index (κ2) is 4.63. The highest BCUT2D eigenvalue weighted by Gasteiger charge is 2.25. The third-order valence-electron chi connectivity index (χ3n) is 2.69. The van der Waals surface area contributed by atoms with Crippen LogP contribution < -0.4 is 16.2 Å². The van der Waals surface area contributed by atoms with Crippen molar-refractivity contribution in [1.82, 2.24) is 9.97 Å². The number of aryl methyl sites for hydroxylation is 1. The molecular weight excluding hydrogens is 206 g/mol. The summed E-state index contributed by atoms with van der Waals surface area (Å²) < 4.78 is 0. The maximum Gasteiger partial charge on any atom is 0.239 e. The van der Waals surface area contributed by atoms with Gasteiger partial charge in [0.2, 0.25) is 5.95 Å². The third-order valence-corrected chi connectivity index (χ3v) is 2.69. The Morgan fingerprint density at radius 2 is 2.19 bits per heavy atom. The molecule has 4 N–H and O–H groups in total. The SMILES string of the molecule is Cc1cnc(NN)nc1N(C)C(C)(C)CO. The van der Waals surface area contributed by atoms with Crippen LogP contribution in [0, 0.1) is 6.92 Å². The fraction of sp³-hybridized carbons (Fsp3) is 0.600. The van der Waals surface area contributed by atoms with Crippen molar-refractivity contribution in [2.24, 2.45) is 5.84 Å². The molecule has 0 saturated heterocycles. The number of hydrazine groups is 1. The van der Waals surface area contributed by atoms with E-state index in [4.69, 9.17) is 5.84 Å². The van der Waals surface area contributed by atoms with Gasteiger partial charge in [-0.15, -0.1) is 0 Å². The molecule has 1 rings (SSSR count). The van der Waals surface area contributed by atoms with Crippen LogP contribution in [0.15, 0.2) is 6.20 Å². The van der Waals surface area contributed by atoms with E-state index >= 15 is 0 Å². The van der Waals surface area contributed by atoms with Crippen molar-refractivity contribution in [1.29, 1.82) is 0 Å². The van der Waals surface area contributed by atoms with Gasteiger partial charge < -0.3 is 10.0 Å². The molecule has 0 bridgehead atoms. The molecule has 6 heteroatoms. The molecule has 0 fully saturated rings. The lowest BCUT2D eigenvalue weighted by molar-refractivity contribution is 0.215. The Hall–Kier alpha value is -1.40. The average molecular weight is 225 g/mol. The van der Waals surface area contributed by atoms with E-state index in [1.165, 1.54) is 0 Å². The highest BCUT2D eigenvalue weighted by molar-refractivity contribution is 5.50. The van der Waals surface area contributed by atoms with Gasteiger partial charge in [0, 0.05) is 18.8 Å². The number of nitrogens with two attached hydrogens (primary N) is 1. The highest BCUT2D eigenvalue weighted by Crippen LogP contribution is 2.23. The standard InChI is InChI=1S/C10H19N5O/c1-7-5-12-9(14-11)13-8(7)15(4)10(2,3)6-16/h5,16H,6,11H2,1-4H3,(H,12,13,14). The lowest BCUT2D eigenvalue weighted by Crippen LogP contribution is -2.45. The van der Waals surface area contributed by atoms with Gasteiger partial charge >= 0.3 is 0 Å². The van der Waals surface area contributed by atoms with Crippen LogP contribution in [0.5, 0.6) is 0 Å². The fourth-order valence-electron chi connectivity index (χ4n) is 1.23. The topological polar surface area (TPSA) is 87.3 Å². The van der Waals surface area contributed by atoms with Crippen molar-refractivity contribution in [3.05, 3.63) is 11.8 Å². The Bertz CT molecular complexity index is 366. The van der Waals surface area contributed by atoms with Gasteiger partial charge in [-0.05, 0) is 20.8 Å². The fourth-order valence-corrected chi connectivity index (χ4v) is 1.23. The van der Waals surface area contributed by atoms with Crippen LogP contribution in [0.1, 0.15) is 19.4 Å². The Morgan fingerprint density at radius 3 is 2.69 bits per heavy atom. The van der Waals surface area contributed by atoms with Gasteiger partial charge in [0.25, 0.3) is 0 Å². The van der Waals surface area contributed by atoms with E-state index in [9.17, 15) is 5.11 Å². The summed E-state index contributed by atoms with van der Waals surface area (Å²) in [7, 11) is 1.88. The molecular formula is C10H19N5O. The predicted molar refractivity (Wildman–Crippen MR) is 64.1 cm³/mol. The van der Waals surface area contributed by atoms with Crippen LogP contribution >= 0.6 is 0 Å². The minimum Gasteiger partial charge on any atom is -0.394 e. The maximum atomic E-state index is 9.32. The summed E-state index contributed by atoms with van der Waals surface area (Å²) in [6, 6.07) is 0. The second-order valence-electron chi connectivity index (χ2n) is 4.37. The van der Waals surface area contributed by atoms with E-state index in [-0.39, 0.29) is 12.1 Å². The number of nitrogens with one attached hydrogen (secondary N) is 1. The molecule has 0 aliphatic rings. The smallest absolute Gasteiger partial charge is 0.239 e. The first-order valence-electron chi connectivity index (χ1n) is 5.07. The summed E-state index contributed by atoms with van der Waals surface area (Å²) in [5.41, 5.74) is 2.96. The lowest BCUT2D eigenvalue weighted by Gasteiger charge is -2.35. The lowest BCUT2D eigenvalue weighted by atomic mass is 10.0. The van der Waals surface area contributed by atoms with Crippen LogP contribution in [0.25, 0.3) is 0 Å². The number of nitrogen functional groups attached to an aromatic ring is 1. The number of anilines is 2. The zero-order valence-corrected chi connectivity index (χ0v) is 10.2. The van der Waals surface area contributed by atoms with Gasteiger partial charge in [0.05, 0.1) is 12.1 Å². The molecule has 6 nitrogen and oxygen atoms in total. The first-order chi connectivity index (χ1) is 7.42. The summed E-state index contributed by atoms with van der Waals surface area (Å²) in [5.74, 6) is 6.38. The molecule has 16 heavy (non-hydrogen) atoms. The Labute approximate surface area is 95.5 Å². The van der Waals surface area contributed by atoms with Crippen LogP contribution in [-0.2, 0) is 0 Å². The van der Waals surface area contributed by atoms with Crippen molar-refractivity contribution < 1.29 is 5.11 Å². The number of nitrogens with zero attached hydrogens (tertiary/aromatic N) is 3. The van der Waals surface area contributed by atoms with Crippen molar-refractivity contribution in [3.8, 4) is 0 Å². The number of aliphatic hydroxyl groups is 1. The van der Waals surface area contributed by atoms with Gasteiger partial charge in [0.15, 0.2) is 0 Å². The van der Waals surface area contributed by atoms with Crippen LogP contribution in [0.2, 0.25) is 0 Å². The van der Waals surface area contributed by atoms with Crippen LogP contribution in [0.4, 0.5) is 11.8 Å². The summed E-state index contributed by atoms with van der Waals surface area (Å²) in [6.45, 7) is 5.83. The van der Waals surface area contributed by atoms with Gasteiger partial charge in [-0.1, -0.05) is 0 Å². The molecule has 1 aromatic rings. The number of hydrogen-bond donors (Lipinski definition) is 3. The quantitative estimate of drug-likeness (QED) is 0.504. The number of aliphatic hydroxyl groups excluding tert-OH is 1. The number of hydrogen-bond acceptors (Lipinski definition) is 6. The summed E-state index contributed by atoms with van der Waals surface area (Å²) >= 11 is 0. The predicted octanol–water partition coefficient (Wildman–Crippen LogP) is 0.278. The van der Waals surface area contributed by atoms with Crippen molar-refractivity contribution in [2.45, 2.75) is 26.3 Å². The van der Waals surface area contributed by atoms with E-state index in [1.54, 1.807) is 6.20 Å². The largest absolute Gasteiger partial charge is 0.394 e. The van der Waals surface area contributed by atoms with Crippen LogP contribution in [-0.4, -0.2) is 34.3 Å². The molecule has 90 valence electrons. The van der Waals surface area contributed by atoms with E-state index in [1.807, 2.05) is 32.7 Å². The normalized spacial score (nSPS) is 11.4. The zero-order valence-electron chi connectivity index (χ0n) is 10.2. The van der Waals surface area contributed by atoms with Gasteiger partial charge in [-0.3, -0.25) is 5.43 Å². The monoisotopic (exact) mass is 225 g/mol. The summed E-state index contributed by atoms with van der Waals surface area (Å²) in [6.07, 6.45) is 1.70. The minimum absolute atomic E-state index is 0.0400. The summed E-state index contributed by atoms with van der Waals surface area (Å²) in [5, 5.41) is 9.32. The molecule has 1 aromatic heterocycles. The first-order valence-corrected chi connectivity index (χ1v) is 5.07. The van der Waals surface area contributed by atoms with Crippen molar-refractivity contribution in [2.75, 3.05) is 24.0 Å². The van der Waals surface area contributed by atoms with Gasteiger partial charge in [-0.2, -0.15) is 4.98 Å². The molecule has 0 amide bonds. The number of likely N-dealkylation sites (N-methyl/N-ethyl adjacent to an activating group) is 1. The van der Waals surface area contributed by atoms with Gasteiger partial charge in [0.1, 0.15) is 5.82 Å². The van der Waals surface area contributed by atoms with Crippen LogP contribution in [0.3, 0.4) is 0 Å². The highest BCUT2D eigenvalue weighted by atomic mass is 16.3. The molecule has 0 aliphatic carbocycles. The average Bonchev–Trinajstić information content (AvgIpc) is 2.29.